The lowest BCUT2D eigenvalue weighted by Crippen LogP contribution is -2.56. The summed E-state index contributed by atoms with van der Waals surface area (Å²) < 4.78 is 34.5. The van der Waals surface area contributed by atoms with Gasteiger partial charge in [0, 0.05) is 12.6 Å². The van der Waals surface area contributed by atoms with E-state index in [0.717, 1.165) is 30.5 Å². The van der Waals surface area contributed by atoms with Crippen molar-refractivity contribution in [2.45, 2.75) is 68.7 Å². The summed E-state index contributed by atoms with van der Waals surface area (Å²) in [6, 6.07) is 3.38. The summed E-state index contributed by atoms with van der Waals surface area (Å²) in [5, 5.41) is 21.7. The van der Waals surface area contributed by atoms with Crippen molar-refractivity contribution in [1.82, 2.24) is 9.37 Å². The summed E-state index contributed by atoms with van der Waals surface area (Å²) in [5.74, 6) is 0.0997. The third-order valence-electron chi connectivity index (χ3n) is 7.40. The van der Waals surface area contributed by atoms with Crippen LogP contribution in [0.2, 0.25) is 18.1 Å². The van der Waals surface area contributed by atoms with E-state index in [1.54, 1.807) is 6.08 Å². The molecule has 0 radical (unpaired) electrons. The fraction of sp³-hybridized carbons (Fsp3) is 0.560. The van der Waals surface area contributed by atoms with Crippen LogP contribution in [0.4, 0.5) is 10.5 Å². The SMILES string of the molecule is C=CCON(C1C=C(C2CC2)C(CO[Si](C)(C)C(C)(C)C)N(C(=O)O)C1)S(=O)(=O)c1ccccc1[N+](=O)[O-]. The average molecular weight is 568 g/mol. The lowest BCUT2D eigenvalue weighted by Gasteiger charge is -2.43. The molecule has 0 saturated heterocycles. The van der Waals surface area contributed by atoms with Gasteiger partial charge in [-0.1, -0.05) is 49.5 Å². The van der Waals surface area contributed by atoms with Crippen molar-refractivity contribution in [3.8, 4) is 0 Å². The van der Waals surface area contributed by atoms with Crippen LogP contribution in [-0.2, 0) is 19.3 Å². The monoisotopic (exact) mass is 567 g/mol. The Bertz CT molecular complexity index is 1210. The van der Waals surface area contributed by atoms with Crippen LogP contribution in [0.5, 0.6) is 0 Å². The molecule has 1 aromatic rings. The van der Waals surface area contributed by atoms with E-state index in [1.807, 2.05) is 0 Å². The second-order valence-corrected chi connectivity index (χ2v) is 17.7. The van der Waals surface area contributed by atoms with Crippen LogP contribution in [-0.4, -0.2) is 74.1 Å². The molecule has 1 fully saturated rings. The highest BCUT2D eigenvalue weighted by atomic mass is 32.2. The molecule has 1 aromatic carbocycles. The van der Waals surface area contributed by atoms with E-state index in [-0.39, 0.29) is 30.7 Å². The van der Waals surface area contributed by atoms with Gasteiger partial charge in [0.15, 0.2) is 13.2 Å². The van der Waals surface area contributed by atoms with Crippen LogP contribution in [0, 0.1) is 16.0 Å². The fourth-order valence-electron chi connectivity index (χ4n) is 4.14. The van der Waals surface area contributed by atoms with E-state index in [2.05, 4.69) is 40.4 Å². The highest BCUT2D eigenvalue weighted by Gasteiger charge is 2.46. The number of carbonyl (C=O) groups is 1. The molecule has 38 heavy (non-hydrogen) atoms. The van der Waals surface area contributed by atoms with Gasteiger partial charge < -0.3 is 9.53 Å². The third kappa shape index (κ3) is 6.34. The largest absolute Gasteiger partial charge is 0.465 e. The normalized spacial score (nSPS) is 20.8. The number of hydrogen-bond donors (Lipinski definition) is 1. The van der Waals surface area contributed by atoms with Gasteiger partial charge >= 0.3 is 6.09 Å². The minimum atomic E-state index is -4.57. The summed E-state index contributed by atoms with van der Waals surface area (Å²) in [6.45, 7) is 13.8. The van der Waals surface area contributed by atoms with Crippen molar-refractivity contribution in [2.75, 3.05) is 19.8 Å². The molecule has 0 aromatic heterocycles. The molecule has 1 aliphatic carbocycles. The quantitative estimate of drug-likeness (QED) is 0.174. The molecule has 2 unspecified atom stereocenters. The van der Waals surface area contributed by atoms with Gasteiger partial charge in [0.1, 0.15) is 0 Å². The van der Waals surface area contributed by atoms with Crippen LogP contribution in [0.3, 0.4) is 0 Å². The van der Waals surface area contributed by atoms with Crippen molar-refractivity contribution >= 4 is 30.1 Å². The van der Waals surface area contributed by atoms with Gasteiger partial charge in [-0.05, 0) is 48.5 Å². The zero-order valence-electron chi connectivity index (χ0n) is 22.5. The molecule has 2 atom stereocenters. The Morgan fingerprint density at radius 1 is 1.32 bits per heavy atom. The van der Waals surface area contributed by atoms with Crippen molar-refractivity contribution in [1.29, 1.82) is 0 Å². The van der Waals surface area contributed by atoms with E-state index in [1.165, 1.54) is 23.1 Å². The lowest BCUT2D eigenvalue weighted by atomic mass is 9.94. The molecule has 11 nitrogen and oxygen atoms in total. The highest BCUT2D eigenvalue weighted by molar-refractivity contribution is 7.89. The molecule has 1 aliphatic heterocycles. The van der Waals surface area contributed by atoms with E-state index in [4.69, 9.17) is 9.26 Å². The van der Waals surface area contributed by atoms with Gasteiger partial charge in [-0.2, -0.15) is 0 Å². The second kappa shape index (κ2) is 11.3. The van der Waals surface area contributed by atoms with Crippen molar-refractivity contribution in [3.05, 3.63) is 58.7 Å². The van der Waals surface area contributed by atoms with Crippen molar-refractivity contribution in [2.24, 2.45) is 5.92 Å². The summed E-state index contributed by atoms with van der Waals surface area (Å²) >= 11 is 0. The maximum atomic E-state index is 13.7. The number of nitrogens with zero attached hydrogens (tertiary/aromatic N) is 3. The van der Waals surface area contributed by atoms with Gasteiger partial charge in [-0.25, -0.2) is 13.2 Å². The highest BCUT2D eigenvalue weighted by Crippen LogP contribution is 2.43. The zero-order chi connectivity index (χ0) is 28.5. The first kappa shape index (κ1) is 30.0. The Hall–Kier alpha value is -2.58. The summed E-state index contributed by atoms with van der Waals surface area (Å²) in [5.41, 5.74) is 0.185. The Morgan fingerprint density at radius 3 is 2.47 bits per heavy atom. The molecule has 1 amide bonds. The standard InChI is InChI=1S/C25H37N3O8SSi/c1-7-14-35-28(37(33,34)23-11-9-8-10-21(23)27(31)32)19-15-20(18-12-13-18)22(26(16-19)24(29)30)17-36-38(5,6)25(2,3)4/h7-11,15,18-19,22H,1,12-14,16-17H2,2-6H3,(H,29,30). The van der Waals surface area contributed by atoms with Gasteiger partial charge in [-0.3, -0.25) is 19.9 Å². The summed E-state index contributed by atoms with van der Waals surface area (Å²) in [4.78, 5) is 29.5. The smallest absolute Gasteiger partial charge is 0.407 e. The number of benzene rings is 1. The van der Waals surface area contributed by atoms with Gasteiger partial charge in [0.05, 0.1) is 30.2 Å². The van der Waals surface area contributed by atoms with Gasteiger partial charge in [0.2, 0.25) is 0 Å². The first-order chi connectivity index (χ1) is 17.6. The number of hydroxylamine groups is 1. The van der Waals surface area contributed by atoms with Crippen molar-refractivity contribution < 1.29 is 32.5 Å². The Balaban J connectivity index is 2.06. The molecule has 1 heterocycles. The maximum absolute atomic E-state index is 13.7. The summed E-state index contributed by atoms with van der Waals surface area (Å²) in [6.07, 6.45) is 3.59. The van der Waals surface area contributed by atoms with Crippen LogP contribution in [0.25, 0.3) is 0 Å². The predicted molar refractivity (Wildman–Crippen MR) is 145 cm³/mol. The first-order valence-corrected chi connectivity index (χ1v) is 16.8. The van der Waals surface area contributed by atoms with Gasteiger partial charge in [0.25, 0.3) is 15.7 Å². The molecule has 0 spiro atoms. The molecule has 1 N–H and O–H groups in total. The second-order valence-electron chi connectivity index (χ2n) is 11.1. The molecule has 3 rings (SSSR count). The number of nitro benzene ring substituents is 1. The molecular formula is C25H37N3O8SSi. The number of amides is 1. The maximum Gasteiger partial charge on any atom is 0.407 e. The average Bonchev–Trinajstić information content (AvgIpc) is 3.67. The minimum Gasteiger partial charge on any atom is -0.465 e. The van der Waals surface area contributed by atoms with Crippen LogP contribution in [0.15, 0.2) is 53.5 Å². The number of rotatable bonds is 11. The Morgan fingerprint density at radius 2 is 1.95 bits per heavy atom. The number of carboxylic acid groups (broad SMARTS) is 1. The predicted octanol–water partition coefficient (Wildman–Crippen LogP) is 4.79. The van der Waals surface area contributed by atoms with E-state index in [0.29, 0.717) is 4.47 Å². The Kier molecular flexibility index (Phi) is 8.88. The molecule has 0 bridgehead atoms. The minimum absolute atomic E-state index is 0.0739. The topological polar surface area (TPSA) is 140 Å². The number of hydrogen-bond acceptors (Lipinski definition) is 7. The number of para-hydroxylation sites is 1. The number of nitro groups is 1. The first-order valence-electron chi connectivity index (χ1n) is 12.5. The molecular weight excluding hydrogens is 530 g/mol. The molecule has 1 saturated carbocycles. The fourth-order valence-corrected chi connectivity index (χ4v) is 6.68. The van der Waals surface area contributed by atoms with Crippen molar-refractivity contribution in [3.63, 3.8) is 0 Å². The molecule has 2 aliphatic rings. The van der Waals surface area contributed by atoms with E-state index in [9.17, 15) is 28.4 Å². The van der Waals surface area contributed by atoms with Crippen LogP contribution < -0.4 is 0 Å². The molecule has 210 valence electrons. The van der Waals surface area contributed by atoms with Gasteiger partial charge in [-0.15, -0.1) is 6.58 Å². The number of sulfonamides is 1. The zero-order valence-corrected chi connectivity index (χ0v) is 24.3. The van der Waals surface area contributed by atoms with E-state index < -0.39 is 52.0 Å². The lowest BCUT2D eigenvalue weighted by molar-refractivity contribution is -0.387. The van der Waals surface area contributed by atoms with E-state index >= 15 is 0 Å². The molecule has 13 heteroatoms. The van der Waals surface area contributed by atoms with Crippen LogP contribution >= 0.6 is 0 Å². The third-order valence-corrected chi connectivity index (χ3v) is 13.7. The summed E-state index contributed by atoms with van der Waals surface area (Å²) in [7, 11) is -6.76. The Labute approximate surface area is 225 Å². The van der Waals surface area contributed by atoms with Crippen LogP contribution in [0.1, 0.15) is 33.6 Å².